The van der Waals surface area contributed by atoms with Crippen LogP contribution < -0.4 is 10.1 Å². The molecule has 0 atom stereocenters. The lowest BCUT2D eigenvalue weighted by molar-refractivity contribution is -0.192. The van der Waals surface area contributed by atoms with Gasteiger partial charge in [0, 0.05) is 23.2 Å². The van der Waals surface area contributed by atoms with Crippen molar-refractivity contribution in [3.8, 4) is 17.0 Å². The molecule has 0 amide bonds. The van der Waals surface area contributed by atoms with Crippen LogP contribution in [0.2, 0.25) is 0 Å². The summed E-state index contributed by atoms with van der Waals surface area (Å²) < 4.78 is 39.7. The minimum Gasteiger partial charge on any atom is -0.496 e. The Morgan fingerprint density at radius 2 is 1.80 bits per heavy atom. The van der Waals surface area contributed by atoms with Gasteiger partial charge in [0.2, 0.25) is 0 Å². The lowest BCUT2D eigenvalue weighted by Gasteiger charge is -2.12. The average Bonchev–Trinajstić information content (AvgIpc) is 3.29. The van der Waals surface area contributed by atoms with E-state index in [2.05, 4.69) is 84.4 Å². The zero-order valence-electron chi connectivity index (χ0n) is 22.8. The Labute approximate surface area is 236 Å². The number of benzene rings is 2. The molecule has 6 nitrogen and oxygen atoms in total. The summed E-state index contributed by atoms with van der Waals surface area (Å²) in [6.07, 6.45) is 2.16. The Kier molecular flexibility index (Phi) is 11.3. The normalized spacial score (nSPS) is 11.2. The van der Waals surface area contributed by atoms with Crippen molar-refractivity contribution in [2.45, 2.75) is 57.1 Å². The third-order valence-electron chi connectivity index (χ3n) is 6.00. The molecule has 2 N–H and O–H groups in total. The van der Waals surface area contributed by atoms with Crippen molar-refractivity contribution in [2.24, 2.45) is 0 Å². The van der Waals surface area contributed by atoms with Gasteiger partial charge in [-0.3, -0.25) is 4.40 Å². The van der Waals surface area contributed by atoms with Crippen LogP contribution in [0.1, 0.15) is 43.7 Å². The average molecular weight is 574 g/mol. The molecule has 2 aromatic carbocycles. The maximum Gasteiger partial charge on any atom is 0.490 e. The van der Waals surface area contributed by atoms with Crippen LogP contribution >= 0.6 is 11.8 Å². The number of methoxy groups -OCH3 is 1. The fraction of sp³-hybridized carbons (Fsp3) is 0.333. The monoisotopic (exact) mass is 573 g/mol. The van der Waals surface area contributed by atoms with Gasteiger partial charge < -0.3 is 15.2 Å². The number of anilines is 1. The molecule has 0 aliphatic heterocycles. The molecule has 214 valence electrons. The molecule has 10 heteroatoms. The van der Waals surface area contributed by atoms with Crippen LogP contribution in [0.4, 0.5) is 19.0 Å². The molecule has 0 bridgehead atoms. The van der Waals surface area contributed by atoms with Crippen LogP contribution in [0.15, 0.2) is 71.8 Å². The molecule has 2 aromatic heterocycles. The molecule has 0 saturated heterocycles. The standard InChI is InChI=1S/C28H33N3OS.C2HF3O2/c1-4-5-6-10-17-33-25-15-14-23(18-24(25)32-3)27-28(29-19-22-11-8-7-9-12-22)31-20-21(2)13-16-26(31)30-27;3-2(4,5)1(6)7/h7-9,11-16,18,20,29H,4-6,10,17,19H2,1-3H3;(H,6,7). The Bertz CT molecular complexity index is 1390. The summed E-state index contributed by atoms with van der Waals surface area (Å²) in [5.41, 5.74) is 5.35. The van der Waals surface area contributed by atoms with Crippen molar-refractivity contribution in [1.82, 2.24) is 9.38 Å². The van der Waals surface area contributed by atoms with Gasteiger partial charge >= 0.3 is 12.1 Å². The highest BCUT2D eigenvalue weighted by Crippen LogP contribution is 2.37. The van der Waals surface area contributed by atoms with Crippen molar-refractivity contribution in [3.05, 3.63) is 78.0 Å². The molecule has 0 radical (unpaired) electrons. The first-order valence-electron chi connectivity index (χ1n) is 13.0. The second kappa shape index (κ2) is 14.6. The largest absolute Gasteiger partial charge is 0.496 e. The van der Waals surface area contributed by atoms with Gasteiger partial charge in [-0.15, -0.1) is 11.8 Å². The Balaban J connectivity index is 0.000000559. The first kappa shape index (κ1) is 30.9. The number of rotatable bonds is 11. The number of halogens is 3. The number of pyridine rings is 1. The predicted molar refractivity (Wildman–Crippen MR) is 154 cm³/mol. The number of ether oxygens (including phenoxy) is 1. The van der Waals surface area contributed by atoms with Gasteiger partial charge in [0.05, 0.1) is 7.11 Å². The number of nitrogens with one attached hydrogen (secondary N) is 1. The van der Waals surface area contributed by atoms with E-state index in [9.17, 15) is 13.2 Å². The molecule has 0 aliphatic rings. The summed E-state index contributed by atoms with van der Waals surface area (Å²) in [5, 5.41) is 10.8. The van der Waals surface area contributed by atoms with E-state index in [0.29, 0.717) is 0 Å². The predicted octanol–water partition coefficient (Wildman–Crippen LogP) is 8.24. The zero-order chi connectivity index (χ0) is 29.1. The number of aryl methyl sites for hydroxylation is 1. The maximum atomic E-state index is 10.6. The second-order valence-corrected chi connectivity index (χ2v) is 10.3. The summed E-state index contributed by atoms with van der Waals surface area (Å²) in [5.74, 6) is 0.273. The van der Waals surface area contributed by atoms with Crippen LogP contribution in [0.3, 0.4) is 0 Å². The number of fused-ring (bicyclic) bond motifs is 1. The highest BCUT2D eigenvalue weighted by atomic mass is 32.2. The van der Waals surface area contributed by atoms with E-state index in [4.69, 9.17) is 19.6 Å². The minimum absolute atomic E-state index is 0.735. The summed E-state index contributed by atoms with van der Waals surface area (Å²) in [6, 6.07) is 21.1. The maximum absolute atomic E-state index is 10.6. The van der Waals surface area contributed by atoms with E-state index < -0.39 is 12.1 Å². The molecule has 2 heterocycles. The SMILES string of the molecule is CCCCCCSc1ccc(-c2nc3ccc(C)cn3c2NCc2ccccc2)cc1OC.O=C(O)C(F)(F)F. The van der Waals surface area contributed by atoms with Crippen molar-refractivity contribution >= 4 is 29.2 Å². The molecular formula is C30H34F3N3O3S. The second-order valence-electron chi connectivity index (χ2n) is 9.16. The van der Waals surface area contributed by atoms with Crippen LogP contribution in [0, 0.1) is 6.92 Å². The number of aliphatic carboxylic acids is 1. The van der Waals surface area contributed by atoms with Gasteiger partial charge in [-0.2, -0.15) is 13.2 Å². The van der Waals surface area contributed by atoms with E-state index >= 15 is 0 Å². The van der Waals surface area contributed by atoms with Gasteiger partial charge in [-0.05, 0) is 48.4 Å². The number of hydrogen-bond acceptors (Lipinski definition) is 5. The van der Waals surface area contributed by atoms with Crippen LogP contribution in [-0.4, -0.2) is 39.5 Å². The van der Waals surface area contributed by atoms with Gasteiger partial charge in [-0.25, -0.2) is 9.78 Å². The van der Waals surface area contributed by atoms with Crippen LogP contribution in [0.5, 0.6) is 5.75 Å². The van der Waals surface area contributed by atoms with Gasteiger partial charge in [0.25, 0.3) is 0 Å². The van der Waals surface area contributed by atoms with Crippen LogP contribution in [0.25, 0.3) is 16.9 Å². The molecule has 40 heavy (non-hydrogen) atoms. The van der Waals surface area contributed by atoms with Crippen molar-refractivity contribution in [2.75, 3.05) is 18.2 Å². The summed E-state index contributed by atoms with van der Waals surface area (Å²) in [4.78, 5) is 15.1. The molecule has 0 saturated carbocycles. The lowest BCUT2D eigenvalue weighted by atomic mass is 10.1. The van der Waals surface area contributed by atoms with Gasteiger partial charge in [0.1, 0.15) is 22.9 Å². The highest BCUT2D eigenvalue weighted by Gasteiger charge is 2.38. The third kappa shape index (κ3) is 8.67. The number of nitrogens with zero attached hydrogens (tertiary/aromatic N) is 2. The number of imidazole rings is 1. The van der Waals surface area contributed by atoms with E-state index in [1.807, 2.05) is 17.8 Å². The van der Waals surface area contributed by atoms with Crippen molar-refractivity contribution in [1.29, 1.82) is 0 Å². The molecule has 0 spiro atoms. The smallest absolute Gasteiger partial charge is 0.490 e. The summed E-state index contributed by atoms with van der Waals surface area (Å²) >= 11 is 1.88. The fourth-order valence-electron chi connectivity index (χ4n) is 3.95. The zero-order valence-corrected chi connectivity index (χ0v) is 23.6. The molecule has 0 unspecified atom stereocenters. The van der Waals surface area contributed by atoms with E-state index in [1.54, 1.807) is 7.11 Å². The molecular weight excluding hydrogens is 539 g/mol. The number of unbranched alkanes of at least 4 members (excludes halogenated alkanes) is 3. The molecule has 0 aliphatic carbocycles. The first-order chi connectivity index (χ1) is 19.1. The number of hydrogen-bond donors (Lipinski definition) is 2. The molecule has 4 aromatic rings. The number of aromatic nitrogens is 2. The highest BCUT2D eigenvalue weighted by molar-refractivity contribution is 7.99. The van der Waals surface area contributed by atoms with Crippen molar-refractivity contribution < 1.29 is 27.8 Å². The van der Waals surface area contributed by atoms with E-state index in [0.717, 1.165) is 40.8 Å². The van der Waals surface area contributed by atoms with E-state index in [-0.39, 0.29) is 0 Å². The fourth-order valence-corrected chi connectivity index (χ4v) is 4.96. The number of carbonyl (C=O) groups is 1. The van der Waals surface area contributed by atoms with Gasteiger partial charge in [0.15, 0.2) is 0 Å². The Morgan fingerprint density at radius 1 is 1.07 bits per heavy atom. The molecule has 0 fully saturated rings. The number of alkyl halides is 3. The van der Waals surface area contributed by atoms with E-state index in [1.165, 1.54) is 41.7 Å². The molecule has 4 rings (SSSR count). The number of carboxylic acid groups (broad SMARTS) is 1. The third-order valence-corrected chi connectivity index (χ3v) is 7.15. The summed E-state index contributed by atoms with van der Waals surface area (Å²) in [6.45, 7) is 5.09. The van der Waals surface area contributed by atoms with Crippen molar-refractivity contribution in [3.63, 3.8) is 0 Å². The number of thioether (sulfide) groups is 1. The Morgan fingerprint density at radius 3 is 2.45 bits per heavy atom. The van der Waals surface area contributed by atoms with Crippen LogP contribution in [-0.2, 0) is 11.3 Å². The first-order valence-corrected chi connectivity index (χ1v) is 14.0. The van der Waals surface area contributed by atoms with Gasteiger partial charge in [-0.1, -0.05) is 68.7 Å². The number of carboxylic acids is 1. The summed E-state index contributed by atoms with van der Waals surface area (Å²) in [7, 11) is 1.75. The quantitative estimate of drug-likeness (QED) is 0.139. The Hall–Kier alpha value is -3.66. The topological polar surface area (TPSA) is 75.9 Å². The minimum atomic E-state index is -5.08. The lowest BCUT2D eigenvalue weighted by Crippen LogP contribution is -2.21.